The van der Waals surface area contributed by atoms with E-state index in [0.29, 0.717) is 11.8 Å². The molecular weight excluding hydrogens is 312 g/mol. The normalized spacial score (nSPS) is 22.5. The molecular formula is C21H24N2O2. The van der Waals surface area contributed by atoms with Crippen molar-refractivity contribution >= 4 is 6.09 Å². The van der Waals surface area contributed by atoms with Crippen LogP contribution in [0, 0.1) is 0 Å². The van der Waals surface area contributed by atoms with Crippen molar-refractivity contribution in [2.75, 3.05) is 26.2 Å². The fraction of sp³-hybridized carbons (Fsp3) is 0.381. The Bertz CT molecular complexity index is 706. The van der Waals surface area contributed by atoms with Crippen LogP contribution in [-0.4, -0.2) is 48.1 Å². The summed E-state index contributed by atoms with van der Waals surface area (Å²) in [4.78, 5) is 16.9. The average molecular weight is 336 g/mol. The molecule has 3 saturated heterocycles. The molecule has 0 N–H and O–H groups in total. The van der Waals surface area contributed by atoms with Crippen LogP contribution in [-0.2, 0) is 6.42 Å². The van der Waals surface area contributed by atoms with Gasteiger partial charge >= 0.3 is 6.09 Å². The summed E-state index contributed by atoms with van der Waals surface area (Å²) in [6.45, 7) is 3.93. The van der Waals surface area contributed by atoms with Crippen LogP contribution in [0.4, 0.5) is 4.79 Å². The lowest BCUT2D eigenvalue weighted by molar-refractivity contribution is 0.131. The van der Waals surface area contributed by atoms with Gasteiger partial charge in [0.05, 0.1) is 0 Å². The first kappa shape index (κ1) is 16.2. The van der Waals surface area contributed by atoms with Gasteiger partial charge < -0.3 is 14.5 Å². The van der Waals surface area contributed by atoms with Gasteiger partial charge in [0.1, 0.15) is 5.75 Å². The maximum atomic E-state index is 12.6. The molecule has 0 unspecified atom stereocenters. The molecule has 4 heteroatoms. The molecule has 0 saturated carbocycles. The standard InChI is InChI=1S/C21H24N2O2/c24-21(23-15-14-22-12-10-19(23)11-13-22)25-20-8-6-18(7-9-20)16-17-4-2-1-3-5-17/h1-9,19H,10-16H2. The van der Waals surface area contributed by atoms with Crippen molar-refractivity contribution in [3.8, 4) is 5.75 Å². The molecule has 25 heavy (non-hydrogen) atoms. The Morgan fingerprint density at radius 2 is 1.56 bits per heavy atom. The van der Waals surface area contributed by atoms with Gasteiger partial charge in [-0.3, -0.25) is 0 Å². The highest BCUT2D eigenvalue weighted by Crippen LogP contribution is 2.23. The molecule has 0 spiro atoms. The summed E-state index contributed by atoms with van der Waals surface area (Å²) in [5.74, 6) is 0.626. The van der Waals surface area contributed by atoms with E-state index in [2.05, 4.69) is 29.2 Å². The van der Waals surface area contributed by atoms with Crippen molar-refractivity contribution in [3.05, 3.63) is 65.7 Å². The van der Waals surface area contributed by atoms with E-state index in [1.807, 2.05) is 35.2 Å². The molecule has 3 aliphatic heterocycles. The van der Waals surface area contributed by atoms with Crippen LogP contribution in [0.25, 0.3) is 0 Å². The smallest absolute Gasteiger partial charge is 0.410 e. The number of amides is 1. The Hall–Kier alpha value is -2.33. The van der Waals surface area contributed by atoms with Gasteiger partial charge in [-0.25, -0.2) is 4.79 Å². The SMILES string of the molecule is O=C(Oc1ccc(Cc2ccccc2)cc1)N1CCN2CCC1CC2. The summed E-state index contributed by atoms with van der Waals surface area (Å²) < 4.78 is 5.63. The summed E-state index contributed by atoms with van der Waals surface area (Å²) in [7, 11) is 0. The number of piperidine rings is 1. The van der Waals surface area contributed by atoms with Crippen molar-refractivity contribution in [2.45, 2.75) is 25.3 Å². The molecule has 1 amide bonds. The van der Waals surface area contributed by atoms with E-state index in [1.54, 1.807) is 0 Å². The highest BCUT2D eigenvalue weighted by molar-refractivity contribution is 5.71. The minimum Gasteiger partial charge on any atom is -0.410 e. The van der Waals surface area contributed by atoms with Crippen LogP contribution in [0.1, 0.15) is 24.0 Å². The van der Waals surface area contributed by atoms with Crippen LogP contribution >= 0.6 is 0 Å². The van der Waals surface area contributed by atoms with Gasteiger partial charge in [-0.15, -0.1) is 0 Å². The van der Waals surface area contributed by atoms with Crippen LogP contribution in [0.5, 0.6) is 5.75 Å². The molecule has 3 heterocycles. The Morgan fingerprint density at radius 1 is 0.880 bits per heavy atom. The number of carbonyl (C=O) groups is 1. The predicted octanol–water partition coefficient (Wildman–Crippen LogP) is 3.56. The van der Waals surface area contributed by atoms with Gasteiger partial charge in [-0.05, 0) is 42.5 Å². The topological polar surface area (TPSA) is 32.8 Å². The lowest BCUT2D eigenvalue weighted by atomic mass is 10.1. The quantitative estimate of drug-likeness (QED) is 0.859. The maximum Gasteiger partial charge on any atom is 0.415 e. The van der Waals surface area contributed by atoms with Crippen LogP contribution in [0.2, 0.25) is 0 Å². The predicted molar refractivity (Wildman–Crippen MR) is 97.9 cm³/mol. The number of hydrogen-bond donors (Lipinski definition) is 0. The molecule has 2 bridgehead atoms. The average Bonchev–Trinajstić information content (AvgIpc) is 2.98. The minimum absolute atomic E-state index is 0.204. The second-order valence-corrected chi connectivity index (χ2v) is 6.94. The maximum absolute atomic E-state index is 12.6. The third-order valence-electron chi connectivity index (χ3n) is 5.27. The number of fused-ring (bicyclic) bond motifs is 4. The fourth-order valence-electron chi connectivity index (χ4n) is 3.79. The third kappa shape index (κ3) is 3.85. The molecule has 0 aromatic heterocycles. The van der Waals surface area contributed by atoms with E-state index in [0.717, 1.165) is 45.4 Å². The van der Waals surface area contributed by atoms with Gasteiger partial charge in [-0.1, -0.05) is 42.5 Å². The Morgan fingerprint density at radius 3 is 2.28 bits per heavy atom. The molecule has 130 valence electrons. The first-order valence-electron chi connectivity index (χ1n) is 9.11. The molecule has 0 radical (unpaired) electrons. The van der Waals surface area contributed by atoms with Crippen molar-refractivity contribution in [2.24, 2.45) is 0 Å². The minimum atomic E-state index is -0.204. The molecule has 3 aliphatic rings. The Kier molecular flexibility index (Phi) is 4.70. The van der Waals surface area contributed by atoms with E-state index in [-0.39, 0.29) is 6.09 Å². The Labute approximate surface area is 149 Å². The fourth-order valence-corrected chi connectivity index (χ4v) is 3.79. The van der Waals surface area contributed by atoms with E-state index < -0.39 is 0 Å². The number of benzene rings is 2. The van der Waals surface area contributed by atoms with Crippen molar-refractivity contribution < 1.29 is 9.53 Å². The zero-order chi connectivity index (χ0) is 17.1. The van der Waals surface area contributed by atoms with Crippen molar-refractivity contribution in [1.29, 1.82) is 0 Å². The number of rotatable bonds is 3. The molecule has 0 atom stereocenters. The van der Waals surface area contributed by atoms with Crippen molar-refractivity contribution in [1.82, 2.24) is 9.80 Å². The van der Waals surface area contributed by atoms with E-state index >= 15 is 0 Å². The second-order valence-electron chi connectivity index (χ2n) is 6.94. The molecule has 4 nitrogen and oxygen atoms in total. The van der Waals surface area contributed by atoms with Crippen LogP contribution < -0.4 is 4.74 Å². The van der Waals surface area contributed by atoms with Gasteiger partial charge in [0.2, 0.25) is 0 Å². The molecule has 0 aliphatic carbocycles. The molecule has 2 aromatic rings. The van der Waals surface area contributed by atoms with Gasteiger partial charge in [0.15, 0.2) is 0 Å². The van der Waals surface area contributed by atoms with Crippen LogP contribution in [0.3, 0.4) is 0 Å². The molecule has 3 fully saturated rings. The first-order chi connectivity index (χ1) is 12.3. The largest absolute Gasteiger partial charge is 0.415 e. The van der Waals surface area contributed by atoms with Crippen LogP contribution in [0.15, 0.2) is 54.6 Å². The highest BCUT2D eigenvalue weighted by atomic mass is 16.6. The third-order valence-corrected chi connectivity index (χ3v) is 5.27. The lowest BCUT2D eigenvalue weighted by Crippen LogP contribution is -2.43. The zero-order valence-electron chi connectivity index (χ0n) is 14.4. The first-order valence-corrected chi connectivity index (χ1v) is 9.11. The van der Waals surface area contributed by atoms with Gasteiger partial charge in [-0.2, -0.15) is 0 Å². The summed E-state index contributed by atoms with van der Waals surface area (Å²) in [5, 5.41) is 0. The Balaban J connectivity index is 1.38. The van der Waals surface area contributed by atoms with Gasteiger partial charge in [0.25, 0.3) is 0 Å². The second kappa shape index (κ2) is 7.28. The monoisotopic (exact) mass is 336 g/mol. The summed E-state index contributed by atoms with van der Waals surface area (Å²) in [5.41, 5.74) is 2.50. The summed E-state index contributed by atoms with van der Waals surface area (Å²) >= 11 is 0. The number of hydrogen-bond acceptors (Lipinski definition) is 3. The van der Waals surface area contributed by atoms with Crippen molar-refractivity contribution in [3.63, 3.8) is 0 Å². The van der Waals surface area contributed by atoms with E-state index in [1.165, 1.54) is 11.1 Å². The zero-order valence-corrected chi connectivity index (χ0v) is 14.4. The number of nitrogens with zero attached hydrogens (tertiary/aromatic N) is 2. The highest BCUT2D eigenvalue weighted by Gasteiger charge is 2.32. The number of carbonyl (C=O) groups excluding carboxylic acids is 1. The summed E-state index contributed by atoms with van der Waals surface area (Å²) in [6, 6.07) is 18.6. The van der Waals surface area contributed by atoms with Gasteiger partial charge in [0, 0.05) is 32.2 Å². The molecule has 5 rings (SSSR count). The lowest BCUT2D eigenvalue weighted by Gasteiger charge is -2.30. The number of ether oxygens (including phenoxy) is 1. The molecule has 2 aromatic carbocycles. The van der Waals surface area contributed by atoms with E-state index in [9.17, 15) is 4.79 Å². The summed E-state index contributed by atoms with van der Waals surface area (Å²) in [6.07, 6.45) is 2.81. The van der Waals surface area contributed by atoms with E-state index in [4.69, 9.17) is 4.74 Å².